The smallest absolute Gasteiger partial charge is 0.274 e. The highest BCUT2D eigenvalue weighted by molar-refractivity contribution is 6.00. The van der Waals surface area contributed by atoms with E-state index in [0.29, 0.717) is 28.5 Å². The molecule has 1 saturated carbocycles. The molecule has 0 aliphatic heterocycles. The largest absolute Gasteiger partial charge is 0.373 e. The molecular weight excluding hydrogens is 346 g/mol. The fourth-order valence-electron chi connectivity index (χ4n) is 2.85. The lowest BCUT2D eigenvalue weighted by Crippen LogP contribution is -2.34. The Bertz CT molecular complexity index is 1090. The normalized spacial score (nSPS) is 14.8. The van der Waals surface area contributed by atoms with Crippen LogP contribution in [0.5, 0.6) is 0 Å². The highest BCUT2D eigenvalue weighted by Gasteiger charge is 2.39. The molecule has 4 rings (SSSR count). The van der Waals surface area contributed by atoms with E-state index in [1.807, 2.05) is 6.92 Å². The Hall–Kier alpha value is -3.36. The molecule has 0 aromatic carbocycles. The van der Waals surface area contributed by atoms with Crippen LogP contribution >= 0.6 is 0 Å². The predicted octanol–water partition coefficient (Wildman–Crippen LogP) is 1.50. The summed E-state index contributed by atoms with van der Waals surface area (Å²) >= 11 is 0. The molecule has 140 valence electrons. The zero-order chi connectivity index (χ0) is 19.2. The summed E-state index contributed by atoms with van der Waals surface area (Å²) in [5.74, 6) is 0.890. The number of rotatable bonds is 5. The van der Waals surface area contributed by atoms with Gasteiger partial charge in [0.2, 0.25) is 0 Å². The average Bonchev–Trinajstić information content (AvgIpc) is 3.20. The van der Waals surface area contributed by atoms with Gasteiger partial charge in [0.05, 0.1) is 6.20 Å². The fraction of sp³-hybridized carbons (Fsp3) is 0.333. The Kier molecular flexibility index (Phi) is 3.87. The first kappa shape index (κ1) is 17.1. The van der Waals surface area contributed by atoms with Crippen molar-refractivity contribution in [2.45, 2.75) is 25.3 Å². The van der Waals surface area contributed by atoms with Crippen LogP contribution in [0.25, 0.3) is 5.65 Å². The third-order valence-corrected chi connectivity index (χ3v) is 4.77. The lowest BCUT2D eigenvalue weighted by molar-refractivity contribution is 0.0937. The van der Waals surface area contributed by atoms with Crippen LogP contribution in [0.3, 0.4) is 0 Å². The van der Waals surface area contributed by atoms with E-state index in [4.69, 9.17) is 0 Å². The maximum atomic E-state index is 12.6. The highest BCUT2D eigenvalue weighted by atomic mass is 16.2. The maximum absolute atomic E-state index is 12.6. The van der Waals surface area contributed by atoms with Crippen LogP contribution in [0.15, 0.2) is 35.4 Å². The van der Waals surface area contributed by atoms with E-state index in [-0.39, 0.29) is 17.0 Å². The molecule has 9 nitrogen and oxygen atoms in total. The van der Waals surface area contributed by atoms with Crippen LogP contribution in [0.2, 0.25) is 0 Å². The SMILES string of the molecule is CNc1cc(Nc2cccn(C)c2=O)nc2c(C(=O)NC3(C)CC3)cnn12. The summed E-state index contributed by atoms with van der Waals surface area (Å²) < 4.78 is 3.05. The van der Waals surface area contributed by atoms with Crippen molar-refractivity contribution in [3.8, 4) is 0 Å². The lowest BCUT2D eigenvalue weighted by Gasteiger charge is -2.12. The van der Waals surface area contributed by atoms with E-state index in [9.17, 15) is 9.59 Å². The van der Waals surface area contributed by atoms with Gasteiger partial charge in [-0.05, 0) is 31.9 Å². The number of aromatic nitrogens is 4. The van der Waals surface area contributed by atoms with E-state index in [1.54, 1.807) is 43.0 Å². The molecule has 27 heavy (non-hydrogen) atoms. The Morgan fingerprint density at radius 3 is 2.81 bits per heavy atom. The first-order valence-corrected chi connectivity index (χ1v) is 8.72. The number of pyridine rings is 1. The van der Waals surface area contributed by atoms with E-state index in [1.165, 1.54) is 10.8 Å². The molecule has 0 bridgehead atoms. The molecule has 1 aliphatic rings. The molecule has 0 saturated heterocycles. The molecule has 0 spiro atoms. The Morgan fingerprint density at radius 2 is 2.11 bits per heavy atom. The molecule has 9 heteroatoms. The Balaban J connectivity index is 1.75. The van der Waals surface area contributed by atoms with Crippen molar-refractivity contribution in [3.63, 3.8) is 0 Å². The molecule has 3 heterocycles. The number of carbonyl (C=O) groups excluding carboxylic acids is 1. The van der Waals surface area contributed by atoms with Crippen LogP contribution in [-0.2, 0) is 7.05 Å². The first-order valence-electron chi connectivity index (χ1n) is 8.72. The summed E-state index contributed by atoms with van der Waals surface area (Å²) in [7, 11) is 3.44. The van der Waals surface area contributed by atoms with Crippen molar-refractivity contribution < 1.29 is 4.79 Å². The van der Waals surface area contributed by atoms with E-state index in [0.717, 1.165) is 12.8 Å². The number of hydrogen-bond donors (Lipinski definition) is 3. The molecule has 1 amide bonds. The number of hydrogen-bond acceptors (Lipinski definition) is 6. The van der Waals surface area contributed by atoms with Crippen LogP contribution in [0.4, 0.5) is 17.3 Å². The molecule has 3 aromatic heterocycles. The van der Waals surface area contributed by atoms with Gasteiger partial charge in [-0.15, -0.1) is 0 Å². The topological polar surface area (TPSA) is 105 Å². The molecule has 0 radical (unpaired) electrons. The minimum Gasteiger partial charge on any atom is -0.373 e. The second-order valence-corrected chi connectivity index (χ2v) is 7.05. The predicted molar refractivity (Wildman–Crippen MR) is 103 cm³/mol. The minimum atomic E-state index is -0.202. The Morgan fingerprint density at radius 1 is 1.33 bits per heavy atom. The molecule has 1 aliphatic carbocycles. The van der Waals surface area contributed by atoms with Crippen LogP contribution < -0.4 is 21.5 Å². The summed E-state index contributed by atoms with van der Waals surface area (Å²) in [5, 5.41) is 13.4. The van der Waals surface area contributed by atoms with Gasteiger partial charge in [0.15, 0.2) is 5.65 Å². The third kappa shape index (κ3) is 3.12. The van der Waals surface area contributed by atoms with Crippen molar-refractivity contribution in [1.82, 2.24) is 24.5 Å². The van der Waals surface area contributed by atoms with Gasteiger partial charge in [0, 0.05) is 31.9 Å². The van der Waals surface area contributed by atoms with Gasteiger partial charge in [-0.25, -0.2) is 4.98 Å². The van der Waals surface area contributed by atoms with Gasteiger partial charge in [-0.2, -0.15) is 9.61 Å². The number of fused-ring (bicyclic) bond motifs is 1. The summed E-state index contributed by atoms with van der Waals surface area (Å²) in [6.07, 6.45) is 5.13. The number of aryl methyl sites for hydroxylation is 1. The molecule has 3 aromatic rings. The van der Waals surface area contributed by atoms with Gasteiger partial charge in [0.25, 0.3) is 11.5 Å². The van der Waals surface area contributed by atoms with Crippen LogP contribution in [0.1, 0.15) is 30.1 Å². The molecule has 3 N–H and O–H groups in total. The van der Waals surface area contributed by atoms with Gasteiger partial charge < -0.3 is 20.5 Å². The van der Waals surface area contributed by atoms with Crippen LogP contribution in [-0.4, -0.2) is 37.7 Å². The maximum Gasteiger partial charge on any atom is 0.274 e. The zero-order valence-corrected chi connectivity index (χ0v) is 15.4. The molecule has 0 atom stereocenters. The number of amides is 1. The lowest BCUT2D eigenvalue weighted by atomic mass is 10.2. The second-order valence-electron chi connectivity index (χ2n) is 7.05. The summed E-state index contributed by atoms with van der Waals surface area (Å²) in [5.41, 5.74) is 0.903. The zero-order valence-electron chi connectivity index (χ0n) is 15.4. The monoisotopic (exact) mass is 367 g/mol. The number of nitrogens with one attached hydrogen (secondary N) is 3. The molecule has 0 unspecified atom stereocenters. The summed E-state index contributed by atoms with van der Waals surface area (Å²) in [6.45, 7) is 2.02. The second kappa shape index (κ2) is 6.11. The van der Waals surface area contributed by atoms with E-state index < -0.39 is 0 Å². The van der Waals surface area contributed by atoms with Gasteiger partial charge in [0.1, 0.15) is 22.9 Å². The highest BCUT2D eigenvalue weighted by Crippen LogP contribution is 2.34. The van der Waals surface area contributed by atoms with E-state index in [2.05, 4.69) is 26.0 Å². The first-order chi connectivity index (χ1) is 12.9. The molecule has 1 fully saturated rings. The van der Waals surface area contributed by atoms with Crippen molar-refractivity contribution in [2.75, 3.05) is 17.7 Å². The standard InChI is InChI=1S/C18H21N7O2/c1-18(6-7-18)23-16(26)11-10-20-25-14(19-2)9-13(22-15(11)25)21-12-5-4-8-24(3)17(12)27/h4-5,8-10,19H,6-7H2,1-3H3,(H,21,22)(H,23,26). The van der Waals surface area contributed by atoms with Crippen molar-refractivity contribution in [1.29, 1.82) is 0 Å². The average molecular weight is 367 g/mol. The quantitative estimate of drug-likeness (QED) is 0.631. The number of anilines is 3. The van der Waals surface area contributed by atoms with Gasteiger partial charge in [-0.1, -0.05) is 0 Å². The van der Waals surface area contributed by atoms with Crippen LogP contribution in [0, 0.1) is 0 Å². The Labute approximate surface area is 155 Å². The number of carbonyl (C=O) groups is 1. The van der Waals surface area contributed by atoms with Crippen molar-refractivity contribution in [2.24, 2.45) is 7.05 Å². The van der Waals surface area contributed by atoms with Gasteiger partial charge >= 0.3 is 0 Å². The summed E-state index contributed by atoms with van der Waals surface area (Å²) in [4.78, 5) is 29.4. The number of nitrogens with zero attached hydrogens (tertiary/aromatic N) is 4. The summed E-state index contributed by atoms with van der Waals surface area (Å²) in [6, 6.07) is 5.19. The molecular formula is C18H21N7O2. The van der Waals surface area contributed by atoms with Gasteiger partial charge in [-0.3, -0.25) is 9.59 Å². The fourth-order valence-corrected chi connectivity index (χ4v) is 2.85. The third-order valence-electron chi connectivity index (χ3n) is 4.77. The van der Waals surface area contributed by atoms with Crippen molar-refractivity contribution >= 4 is 28.9 Å². The van der Waals surface area contributed by atoms with Crippen molar-refractivity contribution in [3.05, 3.63) is 46.5 Å². The minimum absolute atomic E-state index is 0.136. The van der Waals surface area contributed by atoms with E-state index >= 15 is 0 Å².